The Morgan fingerprint density at radius 2 is 1.57 bits per heavy atom. The van der Waals surface area contributed by atoms with E-state index in [1.165, 1.54) is 5.56 Å². The third kappa shape index (κ3) is 5.58. The fourth-order valence-corrected chi connectivity index (χ4v) is 2.10. The minimum Gasteiger partial charge on any atom is -0.379 e. The van der Waals surface area contributed by atoms with E-state index < -0.39 is 0 Å². The fourth-order valence-electron chi connectivity index (χ4n) is 2.10. The molecule has 2 aromatic carbocycles. The SMILES string of the molecule is CC(CN)C(=O)Nc1ccc(NC(C)c2ccccc2)cc1.Cl. The smallest absolute Gasteiger partial charge is 0.228 e. The average molecular weight is 334 g/mol. The molecule has 0 fully saturated rings. The number of carbonyl (C=O) groups excluding carboxylic acids is 1. The van der Waals surface area contributed by atoms with Gasteiger partial charge in [0.15, 0.2) is 0 Å². The second-order valence-electron chi connectivity index (χ2n) is 5.48. The van der Waals surface area contributed by atoms with Gasteiger partial charge in [0, 0.05) is 29.9 Å². The molecule has 2 rings (SSSR count). The molecule has 0 heterocycles. The predicted molar refractivity (Wildman–Crippen MR) is 99.0 cm³/mol. The van der Waals surface area contributed by atoms with E-state index in [-0.39, 0.29) is 30.3 Å². The standard InChI is InChI=1S/C18H23N3O.ClH/c1-13(12-19)18(22)21-17-10-8-16(9-11-17)20-14(2)15-6-4-3-5-7-15;/h3-11,13-14,20H,12,19H2,1-2H3,(H,21,22);1H. The summed E-state index contributed by atoms with van der Waals surface area (Å²) in [4.78, 5) is 11.8. The van der Waals surface area contributed by atoms with Crippen molar-refractivity contribution in [2.24, 2.45) is 11.7 Å². The number of hydrogen-bond donors (Lipinski definition) is 3. The second-order valence-corrected chi connectivity index (χ2v) is 5.48. The molecule has 0 aliphatic carbocycles. The van der Waals surface area contributed by atoms with Crippen LogP contribution >= 0.6 is 12.4 Å². The van der Waals surface area contributed by atoms with E-state index in [0.717, 1.165) is 11.4 Å². The topological polar surface area (TPSA) is 67.2 Å². The summed E-state index contributed by atoms with van der Waals surface area (Å²) in [5.41, 5.74) is 8.52. The summed E-state index contributed by atoms with van der Waals surface area (Å²) < 4.78 is 0. The first-order chi connectivity index (χ1) is 10.6. The molecule has 124 valence electrons. The third-order valence-corrected chi connectivity index (χ3v) is 3.64. The van der Waals surface area contributed by atoms with Crippen molar-refractivity contribution in [2.45, 2.75) is 19.9 Å². The lowest BCUT2D eigenvalue weighted by atomic mass is 10.1. The molecule has 1 amide bonds. The largest absolute Gasteiger partial charge is 0.379 e. The number of nitrogens with two attached hydrogens (primary N) is 1. The maximum atomic E-state index is 11.8. The van der Waals surface area contributed by atoms with E-state index in [4.69, 9.17) is 5.73 Å². The zero-order chi connectivity index (χ0) is 15.9. The molecule has 5 heteroatoms. The van der Waals surface area contributed by atoms with Crippen molar-refractivity contribution in [1.82, 2.24) is 0 Å². The van der Waals surface area contributed by atoms with Gasteiger partial charge in [0.05, 0.1) is 0 Å². The quantitative estimate of drug-likeness (QED) is 0.753. The van der Waals surface area contributed by atoms with Crippen LogP contribution in [0, 0.1) is 5.92 Å². The van der Waals surface area contributed by atoms with Crippen LogP contribution in [0.4, 0.5) is 11.4 Å². The van der Waals surface area contributed by atoms with Gasteiger partial charge in [-0.25, -0.2) is 0 Å². The van der Waals surface area contributed by atoms with Crippen LogP contribution in [-0.4, -0.2) is 12.5 Å². The minimum absolute atomic E-state index is 0. The van der Waals surface area contributed by atoms with Crippen LogP contribution in [0.3, 0.4) is 0 Å². The maximum absolute atomic E-state index is 11.8. The Labute approximate surface area is 143 Å². The van der Waals surface area contributed by atoms with Crippen LogP contribution in [0.15, 0.2) is 54.6 Å². The highest BCUT2D eigenvalue weighted by Crippen LogP contribution is 2.20. The van der Waals surface area contributed by atoms with Crippen LogP contribution in [0.2, 0.25) is 0 Å². The lowest BCUT2D eigenvalue weighted by Gasteiger charge is -2.16. The van der Waals surface area contributed by atoms with E-state index in [0.29, 0.717) is 6.54 Å². The number of amides is 1. The van der Waals surface area contributed by atoms with Crippen LogP contribution in [-0.2, 0) is 4.79 Å². The fraction of sp³-hybridized carbons (Fsp3) is 0.278. The van der Waals surface area contributed by atoms with E-state index in [2.05, 4.69) is 29.7 Å². The Morgan fingerprint density at radius 3 is 2.13 bits per heavy atom. The van der Waals surface area contributed by atoms with Gasteiger partial charge in [-0.15, -0.1) is 12.4 Å². The lowest BCUT2D eigenvalue weighted by Crippen LogP contribution is -2.26. The molecular formula is C18H24ClN3O. The second kappa shape index (κ2) is 9.18. The van der Waals surface area contributed by atoms with E-state index in [1.54, 1.807) is 0 Å². The van der Waals surface area contributed by atoms with E-state index in [1.807, 2.05) is 49.4 Å². The normalized spacial score (nSPS) is 12.7. The zero-order valence-electron chi connectivity index (χ0n) is 13.5. The molecule has 0 spiro atoms. The Balaban J connectivity index is 0.00000264. The van der Waals surface area contributed by atoms with Crippen molar-refractivity contribution in [3.05, 3.63) is 60.2 Å². The molecular weight excluding hydrogens is 310 g/mol. The van der Waals surface area contributed by atoms with Crippen molar-refractivity contribution >= 4 is 29.7 Å². The Kier molecular flexibility index (Phi) is 7.59. The van der Waals surface area contributed by atoms with Gasteiger partial charge < -0.3 is 16.4 Å². The highest BCUT2D eigenvalue weighted by Gasteiger charge is 2.10. The zero-order valence-corrected chi connectivity index (χ0v) is 14.3. The van der Waals surface area contributed by atoms with Crippen LogP contribution in [0.5, 0.6) is 0 Å². The van der Waals surface area contributed by atoms with Crippen molar-refractivity contribution in [3.8, 4) is 0 Å². The number of halogens is 1. The maximum Gasteiger partial charge on any atom is 0.228 e. The first-order valence-corrected chi connectivity index (χ1v) is 7.52. The summed E-state index contributed by atoms with van der Waals surface area (Å²) in [5.74, 6) is -0.239. The lowest BCUT2D eigenvalue weighted by molar-refractivity contribution is -0.119. The van der Waals surface area contributed by atoms with Gasteiger partial charge >= 0.3 is 0 Å². The molecule has 4 nitrogen and oxygen atoms in total. The summed E-state index contributed by atoms with van der Waals surface area (Å²) in [6, 6.07) is 18.2. The predicted octanol–water partition coefficient (Wildman–Crippen LogP) is 3.81. The minimum atomic E-state index is -0.184. The van der Waals surface area contributed by atoms with Gasteiger partial charge in [-0.05, 0) is 36.8 Å². The summed E-state index contributed by atoms with van der Waals surface area (Å²) in [6.45, 7) is 4.28. The van der Waals surface area contributed by atoms with Crippen LogP contribution in [0.25, 0.3) is 0 Å². The number of benzene rings is 2. The van der Waals surface area contributed by atoms with Crippen molar-refractivity contribution in [1.29, 1.82) is 0 Å². The van der Waals surface area contributed by atoms with Crippen molar-refractivity contribution < 1.29 is 4.79 Å². The Hall–Kier alpha value is -2.04. The molecule has 0 saturated heterocycles. The summed E-state index contributed by atoms with van der Waals surface area (Å²) >= 11 is 0. The number of rotatable bonds is 6. The van der Waals surface area contributed by atoms with Gasteiger partial charge in [0.25, 0.3) is 0 Å². The third-order valence-electron chi connectivity index (χ3n) is 3.64. The molecule has 4 N–H and O–H groups in total. The Bertz CT molecular complexity index is 601. The molecule has 0 aromatic heterocycles. The van der Waals surface area contributed by atoms with Crippen LogP contribution < -0.4 is 16.4 Å². The summed E-state index contributed by atoms with van der Waals surface area (Å²) in [7, 11) is 0. The molecule has 0 aliphatic rings. The molecule has 2 atom stereocenters. The molecule has 2 unspecified atom stereocenters. The van der Waals surface area contributed by atoms with Gasteiger partial charge in [0.2, 0.25) is 5.91 Å². The van der Waals surface area contributed by atoms with E-state index in [9.17, 15) is 4.79 Å². The van der Waals surface area contributed by atoms with Gasteiger partial charge in [-0.3, -0.25) is 4.79 Å². The molecule has 0 saturated carbocycles. The molecule has 23 heavy (non-hydrogen) atoms. The first-order valence-electron chi connectivity index (χ1n) is 7.52. The highest BCUT2D eigenvalue weighted by atomic mass is 35.5. The number of anilines is 2. The summed E-state index contributed by atoms with van der Waals surface area (Å²) in [6.07, 6.45) is 0. The molecule has 2 aromatic rings. The first kappa shape index (κ1) is 19.0. The molecule has 0 radical (unpaired) electrons. The monoisotopic (exact) mass is 333 g/mol. The van der Waals surface area contributed by atoms with E-state index >= 15 is 0 Å². The van der Waals surface area contributed by atoms with Crippen LogP contribution in [0.1, 0.15) is 25.5 Å². The van der Waals surface area contributed by atoms with Crippen molar-refractivity contribution in [2.75, 3.05) is 17.2 Å². The highest BCUT2D eigenvalue weighted by molar-refractivity contribution is 5.92. The Morgan fingerprint density at radius 1 is 1.00 bits per heavy atom. The van der Waals surface area contributed by atoms with Gasteiger partial charge in [-0.2, -0.15) is 0 Å². The van der Waals surface area contributed by atoms with Gasteiger partial charge in [-0.1, -0.05) is 37.3 Å². The summed E-state index contributed by atoms with van der Waals surface area (Å²) in [5, 5.41) is 6.30. The number of hydrogen-bond acceptors (Lipinski definition) is 3. The van der Waals surface area contributed by atoms with Crippen molar-refractivity contribution in [3.63, 3.8) is 0 Å². The molecule has 0 bridgehead atoms. The average Bonchev–Trinajstić information content (AvgIpc) is 2.56. The molecule has 0 aliphatic heterocycles. The van der Waals surface area contributed by atoms with Gasteiger partial charge in [0.1, 0.15) is 0 Å². The number of nitrogens with one attached hydrogen (secondary N) is 2. The number of carbonyl (C=O) groups is 1.